The second-order valence-corrected chi connectivity index (χ2v) is 5.30. The Bertz CT molecular complexity index is 861. The van der Waals surface area contributed by atoms with E-state index in [-0.39, 0.29) is 5.88 Å². The van der Waals surface area contributed by atoms with Gasteiger partial charge in [-0.1, -0.05) is 12.1 Å². The van der Waals surface area contributed by atoms with Gasteiger partial charge in [-0.15, -0.1) is 16.7 Å². The highest BCUT2D eigenvalue weighted by atomic mass is 35.5. The zero-order chi connectivity index (χ0) is 18.0. The van der Waals surface area contributed by atoms with Crippen molar-refractivity contribution >= 4 is 11.6 Å². The quantitative estimate of drug-likeness (QED) is 0.651. The lowest BCUT2D eigenvalue weighted by atomic mass is 10.1. The second-order valence-electron chi connectivity index (χ2n) is 5.03. The lowest BCUT2D eigenvalue weighted by Crippen LogP contribution is -2.05. The van der Waals surface area contributed by atoms with Crippen LogP contribution in [0, 0.1) is 0 Å². The molecule has 0 spiro atoms. The van der Waals surface area contributed by atoms with Gasteiger partial charge in [0.25, 0.3) is 0 Å². The van der Waals surface area contributed by atoms with Crippen LogP contribution in [-0.2, 0) is 12.1 Å². The fourth-order valence-corrected chi connectivity index (χ4v) is 2.32. The summed E-state index contributed by atoms with van der Waals surface area (Å²) in [7, 11) is 1.50. The van der Waals surface area contributed by atoms with Crippen LogP contribution in [0.3, 0.4) is 0 Å². The fraction of sp³-hybridized carbons (Fsp3) is 0.188. The minimum Gasteiger partial charge on any atom is -0.481 e. The van der Waals surface area contributed by atoms with Crippen LogP contribution in [0.25, 0.3) is 17.1 Å². The van der Waals surface area contributed by atoms with E-state index in [2.05, 4.69) is 15.1 Å². The number of benzene rings is 1. The van der Waals surface area contributed by atoms with E-state index in [0.29, 0.717) is 28.8 Å². The maximum atomic E-state index is 12.7. The Kier molecular flexibility index (Phi) is 4.63. The number of alkyl halides is 4. The Morgan fingerprint density at radius 2 is 1.84 bits per heavy atom. The first-order valence-electron chi connectivity index (χ1n) is 7.12. The zero-order valence-corrected chi connectivity index (χ0v) is 13.7. The molecule has 0 aliphatic rings. The van der Waals surface area contributed by atoms with Gasteiger partial charge < -0.3 is 4.74 Å². The smallest absolute Gasteiger partial charge is 0.416 e. The van der Waals surface area contributed by atoms with Gasteiger partial charge in [0.2, 0.25) is 5.88 Å². The van der Waals surface area contributed by atoms with Crippen LogP contribution in [0.4, 0.5) is 13.2 Å². The first kappa shape index (κ1) is 17.2. The summed E-state index contributed by atoms with van der Waals surface area (Å²) in [6.45, 7) is 0. The Morgan fingerprint density at radius 3 is 2.36 bits per heavy atom. The number of aromatic nitrogens is 4. The highest BCUT2D eigenvalue weighted by Gasteiger charge is 2.30. The van der Waals surface area contributed by atoms with Crippen LogP contribution < -0.4 is 4.74 Å². The van der Waals surface area contributed by atoms with E-state index < -0.39 is 11.7 Å². The van der Waals surface area contributed by atoms with E-state index in [4.69, 9.17) is 16.3 Å². The van der Waals surface area contributed by atoms with Crippen molar-refractivity contribution in [2.75, 3.05) is 7.11 Å². The molecule has 130 valence electrons. The van der Waals surface area contributed by atoms with Gasteiger partial charge in [0.1, 0.15) is 0 Å². The molecule has 2 heterocycles. The van der Waals surface area contributed by atoms with Gasteiger partial charge >= 0.3 is 6.18 Å². The largest absolute Gasteiger partial charge is 0.481 e. The number of halogens is 4. The standard InChI is InChI=1S/C16H12ClF3N4O/c1-25-14-7-6-12(9-21-14)24-15(22-13(8-17)23-24)10-2-4-11(5-3-10)16(18,19)20/h2-7,9H,8H2,1H3. The highest BCUT2D eigenvalue weighted by Crippen LogP contribution is 2.31. The van der Waals surface area contributed by atoms with Gasteiger partial charge in [0, 0.05) is 11.6 Å². The van der Waals surface area contributed by atoms with E-state index in [9.17, 15) is 13.2 Å². The van der Waals surface area contributed by atoms with Crippen molar-refractivity contribution in [1.82, 2.24) is 19.7 Å². The summed E-state index contributed by atoms with van der Waals surface area (Å²) in [4.78, 5) is 8.39. The molecule has 1 aromatic carbocycles. The van der Waals surface area contributed by atoms with Crippen LogP contribution in [0.15, 0.2) is 42.6 Å². The van der Waals surface area contributed by atoms with Gasteiger partial charge in [-0.2, -0.15) is 13.2 Å². The Labute approximate surface area is 146 Å². The summed E-state index contributed by atoms with van der Waals surface area (Å²) in [6.07, 6.45) is -2.87. The van der Waals surface area contributed by atoms with Crippen molar-refractivity contribution in [1.29, 1.82) is 0 Å². The first-order valence-corrected chi connectivity index (χ1v) is 7.66. The number of hydrogen-bond donors (Lipinski definition) is 0. The lowest BCUT2D eigenvalue weighted by molar-refractivity contribution is -0.137. The third-order valence-corrected chi connectivity index (χ3v) is 3.65. The minimum absolute atomic E-state index is 0.0736. The molecule has 5 nitrogen and oxygen atoms in total. The molecule has 0 atom stereocenters. The summed E-state index contributed by atoms with van der Waals surface area (Å²) < 4.78 is 44.7. The molecule has 3 aromatic rings. The third kappa shape index (κ3) is 3.58. The summed E-state index contributed by atoms with van der Waals surface area (Å²) in [6, 6.07) is 8.05. The summed E-state index contributed by atoms with van der Waals surface area (Å²) >= 11 is 5.80. The Balaban J connectivity index is 2.05. The van der Waals surface area contributed by atoms with E-state index in [1.807, 2.05) is 0 Å². The maximum absolute atomic E-state index is 12.7. The average molecular weight is 369 g/mol. The van der Waals surface area contributed by atoms with Gasteiger partial charge in [-0.25, -0.2) is 14.6 Å². The predicted molar refractivity (Wildman–Crippen MR) is 85.7 cm³/mol. The lowest BCUT2D eigenvalue weighted by Gasteiger charge is -2.09. The summed E-state index contributed by atoms with van der Waals surface area (Å²) in [5.74, 6) is 1.23. The zero-order valence-electron chi connectivity index (χ0n) is 13.0. The predicted octanol–water partition coefficient (Wildman–Crippen LogP) is 4.10. The molecule has 0 radical (unpaired) electrons. The number of ether oxygens (including phenoxy) is 1. The first-order chi connectivity index (χ1) is 11.9. The van der Waals surface area contributed by atoms with Crippen molar-refractivity contribution in [3.63, 3.8) is 0 Å². The molecule has 0 saturated carbocycles. The van der Waals surface area contributed by atoms with Crippen molar-refractivity contribution in [3.05, 3.63) is 54.0 Å². The molecule has 25 heavy (non-hydrogen) atoms. The van der Waals surface area contributed by atoms with Gasteiger partial charge in [0.15, 0.2) is 11.6 Å². The number of hydrogen-bond acceptors (Lipinski definition) is 4. The van der Waals surface area contributed by atoms with Crippen molar-refractivity contribution in [3.8, 4) is 23.0 Å². The Morgan fingerprint density at radius 1 is 1.12 bits per heavy atom. The highest BCUT2D eigenvalue weighted by molar-refractivity contribution is 6.16. The molecule has 0 amide bonds. The van der Waals surface area contributed by atoms with Gasteiger partial charge in [-0.05, 0) is 18.2 Å². The van der Waals surface area contributed by atoms with Gasteiger partial charge in [0.05, 0.1) is 30.4 Å². The normalized spacial score (nSPS) is 11.6. The van der Waals surface area contributed by atoms with E-state index in [1.165, 1.54) is 30.1 Å². The molecule has 9 heteroatoms. The molecule has 0 aliphatic heterocycles. The molecular weight excluding hydrogens is 357 g/mol. The average Bonchev–Trinajstić information content (AvgIpc) is 3.05. The molecule has 0 fully saturated rings. The molecule has 0 bridgehead atoms. The molecule has 2 aromatic heterocycles. The monoisotopic (exact) mass is 368 g/mol. The van der Waals surface area contributed by atoms with Gasteiger partial charge in [-0.3, -0.25) is 0 Å². The maximum Gasteiger partial charge on any atom is 0.416 e. The van der Waals surface area contributed by atoms with Crippen molar-refractivity contribution in [2.45, 2.75) is 12.1 Å². The third-order valence-electron chi connectivity index (χ3n) is 3.42. The molecule has 0 N–H and O–H groups in total. The van der Waals surface area contributed by atoms with Crippen LogP contribution in [0.2, 0.25) is 0 Å². The van der Waals surface area contributed by atoms with E-state index in [0.717, 1.165) is 12.1 Å². The number of rotatable bonds is 4. The molecule has 0 saturated heterocycles. The number of nitrogens with zero attached hydrogens (tertiary/aromatic N) is 4. The van der Waals surface area contributed by atoms with Crippen LogP contribution in [-0.4, -0.2) is 26.9 Å². The van der Waals surface area contributed by atoms with Crippen molar-refractivity contribution in [2.24, 2.45) is 0 Å². The van der Waals surface area contributed by atoms with E-state index >= 15 is 0 Å². The van der Waals surface area contributed by atoms with Crippen LogP contribution in [0.5, 0.6) is 5.88 Å². The SMILES string of the molecule is COc1ccc(-n2nc(CCl)nc2-c2ccc(C(F)(F)F)cc2)cn1. The van der Waals surface area contributed by atoms with Crippen LogP contribution >= 0.6 is 11.6 Å². The number of methoxy groups -OCH3 is 1. The Hall–Kier alpha value is -2.61. The number of pyridine rings is 1. The van der Waals surface area contributed by atoms with Crippen LogP contribution in [0.1, 0.15) is 11.4 Å². The molecule has 3 rings (SSSR count). The summed E-state index contributed by atoms with van der Waals surface area (Å²) in [5, 5.41) is 4.27. The molecular formula is C16H12ClF3N4O. The molecule has 0 unspecified atom stereocenters. The topological polar surface area (TPSA) is 52.8 Å². The minimum atomic E-state index is -4.40. The van der Waals surface area contributed by atoms with E-state index in [1.54, 1.807) is 12.1 Å². The molecule has 0 aliphatic carbocycles. The second kappa shape index (κ2) is 6.72. The summed E-state index contributed by atoms with van der Waals surface area (Å²) in [5.41, 5.74) is 0.332. The van der Waals surface area contributed by atoms with Crippen molar-refractivity contribution < 1.29 is 17.9 Å². The fourth-order valence-electron chi connectivity index (χ4n) is 2.21.